The number of nitrogens with one attached hydrogen (secondary N) is 1. The van der Waals surface area contributed by atoms with Gasteiger partial charge < -0.3 is 14.5 Å². The van der Waals surface area contributed by atoms with Crippen molar-refractivity contribution >= 4 is 17.5 Å². The normalized spacial score (nSPS) is 10.8. The third kappa shape index (κ3) is 4.67. The lowest BCUT2D eigenvalue weighted by atomic mass is 10.2. The van der Waals surface area contributed by atoms with E-state index in [2.05, 4.69) is 5.32 Å². The van der Waals surface area contributed by atoms with Gasteiger partial charge in [0.1, 0.15) is 17.3 Å². The van der Waals surface area contributed by atoms with Gasteiger partial charge in [-0.15, -0.1) is 0 Å². The molecule has 0 saturated carbocycles. The SMILES string of the molecule is CC(C)Oc1cccc(C(=O)NCc2ccc(-c3ccc(Cl)cc3)o2)c1. The molecule has 0 bridgehead atoms. The first-order chi connectivity index (χ1) is 12.5. The average Bonchev–Trinajstić information content (AvgIpc) is 3.09. The van der Waals surface area contributed by atoms with Crippen LogP contribution in [0.15, 0.2) is 65.1 Å². The van der Waals surface area contributed by atoms with Gasteiger partial charge >= 0.3 is 0 Å². The molecule has 1 amide bonds. The summed E-state index contributed by atoms with van der Waals surface area (Å²) in [4.78, 5) is 12.3. The number of hydrogen-bond acceptors (Lipinski definition) is 3. The van der Waals surface area contributed by atoms with Crippen LogP contribution in [0.4, 0.5) is 0 Å². The van der Waals surface area contributed by atoms with Gasteiger partial charge in [-0.1, -0.05) is 17.7 Å². The summed E-state index contributed by atoms with van der Waals surface area (Å²) in [7, 11) is 0. The summed E-state index contributed by atoms with van der Waals surface area (Å²) >= 11 is 5.90. The molecule has 4 nitrogen and oxygen atoms in total. The molecule has 0 atom stereocenters. The number of furan rings is 1. The lowest BCUT2D eigenvalue weighted by Crippen LogP contribution is -2.22. The first-order valence-electron chi connectivity index (χ1n) is 8.41. The van der Waals surface area contributed by atoms with Crippen LogP contribution in [0.1, 0.15) is 30.0 Å². The summed E-state index contributed by atoms with van der Waals surface area (Å²) in [6, 6.07) is 18.3. The molecule has 0 fully saturated rings. The van der Waals surface area contributed by atoms with Crippen molar-refractivity contribution in [3.63, 3.8) is 0 Å². The summed E-state index contributed by atoms with van der Waals surface area (Å²) in [5, 5.41) is 3.54. The second-order valence-electron chi connectivity index (χ2n) is 6.15. The van der Waals surface area contributed by atoms with E-state index in [4.69, 9.17) is 20.8 Å². The molecule has 0 aliphatic carbocycles. The summed E-state index contributed by atoms with van der Waals surface area (Å²) < 4.78 is 11.4. The monoisotopic (exact) mass is 369 g/mol. The Labute approximate surface area is 157 Å². The number of rotatable bonds is 6. The molecule has 5 heteroatoms. The molecular weight excluding hydrogens is 350 g/mol. The molecule has 0 unspecified atom stereocenters. The summed E-state index contributed by atoms with van der Waals surface area (Å²) in [5.74, 6) is 1.91. The Morgan fingerprint density at radius 2 is 1.88 bits per heavy atom. The van der Waals surface area contributed by atoms with Crippen molar-refractivity contribution in [2.45, 2.75) is 26.5 Å². The third-order valence-electron chi connectivity index (χ3n) is 3.68. The van der Waals surface area contributed by atoms with E-state index in [-0.39, 0.29) is 12.0 Å². The van der Waals surface area contributed by atoms with Crippen molar-refractivity contribution in [3.8, 4) is 17.1 Å². The van der Waals surface area contributed by atoms with Gasteiger partial charge in [-0.25, -0.2) is 0 Å². The van der Waals surface area contributed by atoms with Gasteiger partial charge in [-0.2, -0.15) is 0 Å². The maximum absolute atomic E-state index is 12.3. The molecule has 1 aromatic heterocycles. The zero-order chi connectivity index (χ0) is 18.5. The highest BCUT2D eigenvalue weighted by molar-refractivity contribution is 6.30. The van der Waals surface area contributed by atoms with E-state index >= 15 is 0 Å². The lowest BCUT2D eigenvalue weighted by Gasteiger charge is -2.10. The van der Waals surface area contributed by atoms with E-state index in [0.29, 0.717) is 28.6 Å². The molecule has 3 rings (SSSR count). The molecule has 0 aliphatic heterocycles. The lowest BCUT2D eigenvalue weighted by molar-refractivity contribution is 0.0947. The minimum atomic E-state index is -0.177. The average molecular weight is 370 g/mol. The number of carbonyl (C=O) groups excluding carboxylic acids is 1. The van der Waals surface area contributed by atoms with Crippen molar-refractivity contribution in [2.75, 3.05) is 0 Å². The molecule has 3 aromatic rings. The van der Waals surface area contributed by atoms with Crippen LogP contribution in [-0.4, -0.2) is 12.0 Å². The molecule has 1 heterocycles. The number of halogens is 1. The zero-order valence-corrected chi connectivity index (χ0v) is 15.4. The fourth-order valence-electron chi connectivity index (χ4n) is 2.49. The summed E-state index contributed by atoms with van der Waals surface area (Å²) in [6.07, 6.45) is 0.0581. The van der Waals surface area contributed by atoms with Gasteiger partial charge in [0.05, 0.1) is 12.6 Å². The Balaban J connectivity index is 1.62. The molecule has 1 N–H and O–H groups in total. The Morgan fingerprint density at radius 1 is 1.12 bits per heavy atom. The van der Waals surface area contributed by atoms with Gasteiger partial charge in [-0.05, 0) is 68.4 Å². The van der Waals surface area contributed by atoms with Gasteiger partial charge in [-0.3, -0.25) is 4.79 Å². The van der Waals surface area contributed by atoms with Gasteiger partial charge in [0.15, 0.2) is 0 Å². The molecule has 2 aromatic carbocycles. The Bertz CT molecular complexity index is 884. The standard InChI is InChI=1S/C21H20ClNO3/c1-14(2)25-18-5-3-4-16(12-18)21(24)23-13-19-10-11-20(26-19)15-6-8-17(22)9-7-15/h3-12,14H,13H2,1-2H3,(H,23,24). The predicted molar refractivity (Wildman–Crippen MR) is 103 cm³/mol. The molecular formula is C21H20ClNO3. The fraction of sp³-hybridized carbons (Fsp3) is 0.190. The van der Waals surface area contributed by atoms with Crippen molar-refractivity contribution in [3.05, 3.63) is 77.0 Å². The fourth-order valence-corrected chi connectivity index (χ4v) is 2.62. The van der Waals surface area contributed by atoms with E-state index in [1.807, 2.05) is 56.3 Å². The van der Waals surface area contributed by atoms with Crippen LogP contribution in [0.2, 0.25) is 5.02 Å². The van der Waals surface area contributed by atoms with Gasteiger partial charge in [0.2, 0.25) is 0 Å². The second-order valence-corrected chi connectivity index (χ2v) is 6.59. The third-order valence-corrected chi connectivity index (χ3v) is 3.93. The van der Waals surface area contributed by atoms with Crippen LogP contribution >= 0.6 is 11.6 Å². The predicted octanol–water partition coefficient (Wildman–Crippen LogP) is 5.32. The van der Waals surface area contributed by atoms with Crippen LogP contribution in [0.3, 0.4) is 0 Å². The second kappa shape index (κ2) is 8.11. The van der Waals surface area contributed by atoms with Gasteiger partial charge in [0, 0.05) is 16.1 Å². The topological polar surface area (TPSA) is 51.5 Å². The first kappa shape index (κ1) is 18.1. The quantitative estimate of drug-likeness (QED) is 0.640. The smallest absolute Gasteiger partial charge is 0.251 e. The van der Waals surface area contributed by atoms with Crippen LogP contribution in [0, 0.1) is 0 Å². The number of carbonyl (C=O) groups is 1. The number of benzene rings is 2. The maximum Gasteiger partial charge on any atom is 0.251 e. The van der Waals surface area contributed by atoms with Crippen molar-refractivity contribution in [2.24, 2.45) is 0 Å². The van der Waals surface area contributed by atoms with Crippen LogP contribution in [-0.2, 0) is 6.54 Å². The Kier molecular flexibility index (Phi) is 5.64. The van der Waals surface area contributed by atoms with Crippen molar-refractivity contribution < 1.29 is 13.9 Å². The Morgan fingerprint density at radius 3 is 2.62 bits per heavy atom. The van der Waals surface area contributed by atoms with Crippen LogP contribution < -0.4 is 10.1 Å². The zero-order valence-electron chi connectivity index (χ0n) is 14.7. The molecule has 0 radical (unpaired) electrons. The molecule has 0 aliphatic rings. The number of ether oxygens (including phenoxy) is 1. The van der Waals surface area contributed by atoms with Gasteiger partial charge in [0.25, 0.3) is 5.91 Å². The van der Waals surface area contributed by atoms with Crippen LogP contribution in [0.25, 0.3) is 11.3 Å². The van der Waals surface area contributed by atoms with Crippen molar-refractivity contribution in [1.82, 2.24) is 5.32 Å². The van der Waals surface area contributed by atoms with E-state index in [9.17, 15) is 4.79 Å². The number of hydrogen-bond donors (Lipinski definition) is 1. The largest absolute Gasteiger partial charge is 0.491 e. The van der Waals surface area contributed by atoms with E-state index < -0.39 is 0 Å². The maximum atomic E-state index is 12.3. The summed E-state index contributed by atoms with van der Waals surface area (Å²) in [5.41, 5.74) is 1.48. The van der Waals surface area contributed by atoms with E-state index in [1.165, 1.54) is 0 Å². The van der Waals surface area contributed by atoms with E-state index in [0.717, 1.165) is 11.3 Å². The molecule has 134 valence electrons. The highest BCUT2D eigenvalue weighted by atomic mass is 35.5. The van der Waals surface area contributed by atoms with Crippen LogP contribution in [0.5, 0.6) is 5.75 Å². The molecule has 0 saturated heterocycles. The highest BCUT2D eigenvalue weighted by Crippen LogP contribution is 2.24. The highest BCUT2D eigenvalue weighted by Gasteiger charge is 2.10. The minimum absolute atomic E-state index is 0.0581. The first-order valence-corrected chi connectivity index (χ1v) is 8.78. The molecule has 26 heavy (non-hydrogen) atoms. The summed E-state index contributed by atoms with van der Waals surface area (Å²) in [6.45, 7) is 4.20. The minimum Gasteiger partial charge on any atom is -0.491 e. The molecule has 0 spiro atoms. The van der Waals surface area contributed by atoms with Crippen molar-refractivity contribution in [1.29, 1.82) is 0 Å². The number of amides is 1. The van der Waals surface area contributed by atoms with E-state index in [1.54, 1.807) is 18.2 Å². The Hall–Kier alpha value is -2.72.